The summed E-state index contributed by atoms with van der Waals surface area (Å²) in [5.41, 5.74) is 2.07. The third-order valence-corrected chi connectivity index (χ3v) is 4.39. The molecule has 1 aromatic rings. The standard InChI is InChI=1S/C17H23NO/c1-12-3-7-15(8-4-12)17(19)13(2)18(16-9-10-16)11-14-5-6-14/h3-4,7-8,13-14,16H,5-6,9-11H2,1-2H3. The summed E-state index contributed by atoms with van der Waals surface area (Å²) < 4.78 is 0. The molecule has 3 rings (SSSR count). The van der Waals surface area contributed by atoms with Crippen molar-refractivity contribution in [1.82, 2.24) is 4.90 Å². The zero-order valence-electron chi connectivity index (χ0n) is 11.9. The van der Waals surface area contributed by atoms with Gasteiger partial charge in [-0.25, -0.2) is 0 Å². The minimum Gasteiger partial charge on any atom is -0.292 e. The van der Waals surface area contributed by atoms with Crippen LogP contribution in [0.25, 0.3) is 0 Å². The molecule has 2 heteroatoms. The first-order valence-corrected chi connectivity index (χ1v) is 7.52. The maximum absolute atomic E-state index is 12.6. The van der Waals surface area contributed by atoms with E-state index in [1.165, 1.54) is 31.2 Å². The molecule has 0 bridgehead atoms. The van der Waals surface area contributed by atoms with Gasteiger partial charge in [-0.05, 0) is 45.4 Å². The normalized spacial score (nSPS) is 20.6. The van der Waals surface area contributed by atoms with E-state index < -0.39 is 0 Å². The minimum absolute atomic E-state index is 0.0378. The van der Waals surface area contributed by atoms with Crippen LogP contribution in [-0.4, -0.2) is 29.3 Å². The molecule has 102 valence electrons. The molecule has 2 fully saturated rings. The van der Waals surface area contributed by atoms with Gasteiger partial charge in [0.1, 0.15) is 0 Å². The number of hydrogen-bond acceptors (Lipinski definition) is 2. The zero-order chi connectivity index (χ0) is 13.4. The van der Waals surface area contributed by atoms with Crippen LogP contribution in [0.5, 0.6) is 0 Å². The van der Waals surface area contributed by atoms with Gasteiger partial charge >= 0.3 is 0 Å². The van der Waals surface area contributed by atoms with Crippen molar-refractivity contribution >= 4 is 5.78 Å². The smallest absolute Gasteiger partial charge is 0.179 e. The van der Waals surface area contributed by atoms with Crippen molar-refractivity contribution in [1.29, 1.82) is 0 Å². The van der Waals surface area contributed by atoms with Gasteiger partial charge in [-0.2, -0.15) is 0 Å². The number of aryl methyl sites for hydroxylation is 1. The lowest BCUT2D eigenvalue weighted by Crippen LogP contribution is -2.41. The van der Waals surface area contributed by atoms with E-state index in [1.807, 2.05) is 24.3 Å². The molecule has 1 atom stereocenters. The van der Waals surface area contributed by atoms with Gasteiger partial charge in [0.2, 0.25) is 0 Å². The number of nitrogens with zero attached hydrogens (tertiary/aromatic N) is 1. The average molecular weight is 257 g/mol. The number of carbonyl (C=O) groups excluding carboxylic acids is 1. The van der Waals surface area contributed by atoms with Crippen LogP contribution in [0.4, 0.5) is 0 Å². The molecule has 0 amide bonds. The van der Waals surface area contributed by atoms with E-state index in [2.05, 4.69) is 18.7 Å². The SMILES string of the molecule is Cc1ccc(C(=O)C(C)N(CC2CC2)C2CC2)cc1. The summed E-state index contributed by atoms with van der Waals surface area (Å²) in [4.78, 5) is 15.0. The van der Waals surface area contributed by atoms with Crippen molar-refractivity contribution < 1.29 is 4.79 Å². The first kappa shape index (κ1) is 12.9. The quantitative estimate of drug-likeness (QED) is 0.728. The monoisotopic (exact) mass is 257 g/mol. The Kier molecular flexibility index (Phi) is 3.44. The van der Waals surface area contributed by atoms with Gasteiger partial charge in [0.15, 0.2) is 5.78 Å². The summed E-state index contributed by atoms with van der Waals surface area (Å²) in [6, 6.07) is 8.71. The molecule has 0 aromatic heterocycles. The van der Waals surface area contributed by atoms with Crippen LogP contribution in [0.3, 0.4) is 0 Å². The van der Waals surface area contributed by atoms with E-state index in [0.717, 1.165) is 18.0 Å². The third kappa shape index (κ3) is 3.06. The van der Waals surface area contributed by atoms with Crippen molar-refractivity contribution in [3.63, 3.8) is 0 Å². The summed E-state index contributed by atoms with van der Waals surface area (Å²) in [6.45, 7) is 5.27. The molecule has 1 aromatic carbocycles. The molecule has 0 saturated heterocycles. The number of benzene rings is 1. The summed E-state index contributed by atoms with van der Waals surface area (Å²) >= 11 is 0. The topological polar surface area (TPSA) is 20.3 Å². The van der Waals surface area contributed by atoms with Crippen molar-refractivity contribution in [3.05, 3.63) is 35.4 Å². The van der Waals surface area contributed by atoms with Gasteiger partial charge in [0.25, 0.3) is 0 Å². The molecular weight excluding hydrogens is 234 g/mol. The van der Waals surface area contributed by atoms with E-state index >= 15 is 0 Å². The van der Waals surface area contributed by atoms with Crippen LogP contribution >= 0.6 is 0 Å². The Labute approximate surface area is 115 Å². The molecule has 19 heavy (non-hydrogen) atoms. The Balaban J connectivity index is 1.71. The summed E-state index contributed by atoms with van der Waals surface area (Å²) in [5, 5.41) is 0. The van der Waals surface area contributed by atoms with E-state index in [9.17, 15) is 4.79 Å². The van der Waals surface area contributed by atoms with Gasteiger partial charge in [-0.1, -0.05) is 29.8 Å². The Hall–Kier alpha value is -1.15. The Morgan fingerprint density at radius 1 is 1.21 bits per heavy atom. The highest BCUT2D eigenvalue weighted by atomic mass is 16.1. The highest BCUT2D eigenvalue weighted by Gasteiger charge is 2.38. The number of hydrogen-bond donors (Lipinski definition) is 0. The Morgan fingerprint density at radius 2 is 1.84 bits per heavy atom. The fourth-order valence-electron chi connectivity index (χ4n) is 2.74. The summed E-state index contributed by atoms with van der Waals surface area (Å²) in [5.74, 6) is 1.14. The number of rotatable bonds is 6. The number of ketones is 1. The Bertz CT molecular complexity index is 457. The zero-order valence-corrected chi connectivity index (χ0v) is 11.9. The van der Waals surface area contributed by atoms with Crippen LogP contribution in [0, 0.1) is 12.8 Å². The van der Waals surface area contributed by atoms with E-state index in [0.29, 0.717) is 6.04 Å². The molecule has 0 heterocycles. The fourth-order valence-corrected chi connectivity index (χ4v) is 2.74. The summed E-state index contributed by atoms with van der Waals surface area (Å²) in [7, 11) is 0. The molecule has 0 N–H and O–H groups in total. The molecule has 2 nitrogen and oxygen atoms in total. The van der Waals surface area contributed by atoms with Crippen LogP contribution in [-0.2, 0) is 0 Å². The molecular formula is C17H23NO. The van der Waals surface area contributed by atoms with Crippen molar-refractivity contribution in [2.75, 3.05) is 6.54 Å². The highest BCUT2D eigenvalue weighted by molar-refractivity contribution is 5.99. The van der Waals surface area contributed by atoms with Crippen LogP contribution in [0.1, 0.15) is 48.5 Å². The second kappa shape index (κ2) is 5.09. The third-order valence-electron chi connectivity index (χ3n) is 4.39. The second-order valence-corrected chi connectivity index (χ2v) is 6.28. The molecule has 0 spiro atoms. The number of carbonyl (C=O) groups is 1. The predicted octanol–water partition coefficient (Wildman–Crippen LogP) is 3.44. The molecule has 2 saturated carbocycles. The first-order valence-electron chi connectivity index (χ1n) is 7.52. The van der Waals surface area contributed by atoms with Crippen LogP contribution < -0.4 is 0 Å². The van der Waals surface area contributed by atoms with Crippen molar-refractivity contribution in [2.24, 2.45) is 5.92 Å². The van der Waals surface area contributed by atoms with Crippen molar-refractivity contribution in [2.45, 2.75) is 51.6 Å². The lowest BCUT2D eigenvalue weighted by atomic mass is 10.0. The minimum atomic E-state index is 0.0378. The average Bonchev–Trinajstić information content (AvgIpc) is 3.28. The highest BCUT2D eigenvalue weighted by Crippen LogP contribution is 2.36. The van der Waals surface area contributed by atoms with Gasteiger partial charge in [-0.15, -0.1) is 0 Å². The summed E-state index contributed by atoms with van der Waals surface area (Å²) in [6.07, 6.45) is 5.26. The molecule has 0 radical (unpaired) electrons. The Morgan fingerprint density at radius 3 is 2.37 bits per heavy atom. The second-order valence-electron chi connectivity index (χ2n) is 6.28. The van der Waals surface area contributed by atoms with Gasteiger partial charge < -0.3 is 0 Å². The predicted molar refractivity (Wildman–Crippen MR) is 77.4 cm³/mol. The van der Waals surface area contributed by atoms with Gasteiger partial charge in [-0.3, -0.25) is 9.69 Å². The van der Waals surface area contributed by atoms with Crippen molar-refractivity contribution in [3.8, 4) is 0 Å². The lowest BCUT2D eigenvalue weighted by molar-refractivity contribution is 0.0819. The van der Waals surface area contributed by atoms with E-state index in [4.69, 9.17) is 0 Å². The van der Waals surface area contributed by atoms with Crippen LogP contribution in [0.2, 0.25) is 0 Å². The first-order chi connectivity index (χ1) is 9.15. The molecule has 2 aliphatic carbocycles. The maximum Gasteiger partial charge on any atom is 0.179 e. The molecule has 2 aliphatic rings. The maximum atomic E-state index is 12.6. The van der Waals surface area contributed by atoms with E-state index in [-0.39, 0.29) is 11.8 Å². The van der Waals surface area contributed by atoms with Gasteiger partial charge in [0.05, 0.1) is 6.04 Å². The molecule has 0 aliphatic heterocycles. The van der Waals surface area contributed by atoms with Gasteiger partial charge in [0, 0.05) is 18.2 Å². The van der Waals surface area contributed by atoms with Crippen LogP contribution in [0.15, 0.2) is 24.3 Å². The fraction of sp³-hybridized carbons (Fsp3) is 0.588. The molecule has 1 unspecified atom stereocenters. The van der Waals surface area contributed by atoms with E-state index in [1.54, 1.807) is 0 Å². The number of Topliss-reactive ketones (excluding diaryl/α,β-unsaturated/α-hetero) is 1. The lowest BCUT2D eigenvalue weighted by Gasteiger charge is -2.28. The largest absolute Gasteiger partial charge is 0.292 e.